The highest BCUT2D eigenvalue weighted by atomic mass is 79.9. The molecule has 4 aromatic rings. The van der Waals surface area contributed by atoms with E-state index in [0.717, 1.165) is 11.1 Å². The van der Waals surface area contributed by atoms with E-state index in [9.17, 15) is 14.4 Å². The standard InChI is InChI=1S/C18H17NO5.C14H12BrNO3/c1-22-17(20)9-8-14-11-19-16(10-15(14)18(21)23-2)24-12-13-6-4-3-5-7-13;1-18-14(17)11-7-13(16-8-12(11)15)19-9-10-5-3-2-4-6-10/h3-11H,12H2,1-2H3;2-8H,9H2,1H3/b9-8+;. The van der Waals surface area contributed by atoms with Gasteiger partial charge in [0.15, 0.2) is 0 Å². The van der Waals surface area contributed by atoms with Gasteiger partial charge in [-0.25, -0.2) is 24.4 Å². The molecule has 0 N–H and O–H groups in total. The average Bonchev–Trinajstić information content (AvgIpc) is 3.06. The predicted octanol–water partition coefficient (Wildman–Crippen LogP) is 5.84. The number of aromatic nitrogens is 2. The van der Waals surface area contributed by atoms with Gasteiger partial charge in [0.25, 0.3) is 0 Å². The maximum Gasteiger partial charge on any atom is 0.339 e. The fourth-order valence-electron chi connectivity index (χ4n) is 3.40. The van der Waals surface area contributed by atoms with Gasteiger partial charge in [-0.1, -0.05) is 60.7 Å². The lowest BCUT2D eigenvalue weighted by Gasteiger charge is -2.09. The molecule has 10 nitrogen and oxygen atoms in total. The first-order chi connectivity index (χ1) is 20.8. The SMILES string of the molecule is COC(=O)/C=C/c1cnc(OCc2ccccc2)cc1C(=O)OC.COC(=O)c1cc(OCc2ccccc2)ncc1Br. The zero-order valence-electron chi connectivity index (χ0n) is 23.7. The second-order valence-corrected chi connectivity index (χ2v) is 9.35. The number of pyridine rings is 2. The second kappa shape index (κ2) is 17.0. The Balaban J connectivity index is 0.000000242. The molecule has 2 aromatic carbocycles. The van der Waals surface area contributed by atoms with Gasteiger partial charge in [0.05, 0.1) is 36.9 Å². The van der Waals surface area contributed by atoms with Crippen LogP contribution in [0, 0.1) is 0 Å². The molecular formula is C32H29BrN2O8. The van der Waals surface area contributed by atoms with Gasteiger partial charge in [-0.3, -0.25) is 0 Å². The molecule has 11 heteroatoms. The van der Waals surface area contributed by atoms with E-state index in [2.05, 4.69) is 35.4 Å². The Kier molecular flexibility index (Phi) is 12.9. The number of carbonyl (C=O) groups excluding carboxylic acids is 3. The number of hydrogen-bond donors (Lipinski definition) is 0. The van der Waals surface area contributed by atoms with Crippen molar-refractivity contribution in [1.82, 2.24) is 9.97 Å². The normalized spacial score (nSPS) is 10.2. The molecule has 0 saturated heterocycles. The van der Waals surface area contributed by atoms with E-state index in [-0.39, 0.29) is 11.4 Å². The smallest absolute Gasteiger partial charge is 0.339 e. The lowest BCUT2D eigenvalue weighted by molar-refractivity contribution is -0.134. The van der Waals surface area contributed by atoms with Crippen molar-refractivity contribution in [2.75, 3.05) is 21.3 Å². The summed E-state index contributed by atoms with van der Waals surface area (Å²) in [5.74, 6) is -0.845. The number of methoxy groups -OCH3 is 3. The summed E-state index contributed by atoms with van der Waals surface area (Å²) in [6, 6.07) is 22.4. The summed E-state index contributed by atoms with van der Waals surface area (Å²) < 4.78 is 25.7. The van der Waals surface area contributed by atoms with Crippen LogP contribution in [0.4, 0.5) is 0 Å². The van der Waals surface area contributed by atoms with Crippen LogP contribution in [0.3, 0.4) is 0 Å². The molecule has 0 spiro atoms. The van der Waals surface area contributed by atoms with Crippen molar-refractivity contribution in [2.45, 2.75) is 13.2 Å². The molecule has 0 unspecified atom stereocenters. The van der Waals surface area contributed by atoms with Gasteiger partial charge >= 0.3 is 17.9 Å². The molecule has 0 aliphatic carbocycles. The first-order valence-corrected chi connectivity index (χ1v) is 13.6. The van der Waals surface area contributed by atoms with Crippen LogP contribution in [-0.4, -0.2) is 49.2 Å². The molecule has 0 amide bonds. The fraction of sp³-hybridized carbons (Fsp3) is 0.156. The van der Waals surface area contributed by atoms with Crippen LogP contribution >= 0.6 is 15.9 Å². The minimum atomic E-state index is -0.550. The Hall–Kier alpha value is -5.03. The summed E-state index contributed by atoms with van der Waals surface area (Å²) in [4.78, 5) is 42.9. The van der Waals surface area contributed by atoms with Gasteiger partial charge in [0, 0.05) is 36.2 Å². The number of halogens is 1. The van der Waals surface area contributed by atoms with Crippen LogP contribution < -0.4 is 9.47 Å². The number of ether oxygens (including phenoxy) is 5. The Morgan fingerprint density at radius 1 is 0.698 bits per heavy atom. The highest BCUT2D eigenvalue weighted by Crippen LogP contribution is 2.21. The fourth-order valence-corrected chi connectivity index (χ4v) is 3.78. The topological polar surface area (TPSA) is 123 Å². The molecule has 0 atom stereocenters. The lowest BCUT2D eigenvalue weighted by atomic mass is 10.1. The Morgan fingerprint density at radius 3 is 1.70 bits per heavy atom. The molecule has 2 heterocycles. The molecule has 0 aliphatic heterocycles. The van der Waals surface area contributed by atoms with Crippen LogP contribution in [-0.2, 0) is 32.2 Å². The summed E-state index contributed by atoms with van der Waals surface area (Å²) in [5, 5.41) is 0. The predicted molar refractivity (Wildman–Crippen MR) is 161 cm³/mol. The van der Waals surface area contributed by atoms with Crippen molar-refractivity contribution in [3.63, 3.8) is 0 Å². The van der Waals surface area contributed by atoms with Gasteiger partial charge in [-0.15, -0.1) is 0 Å². The van der Waals surface area contributed by atoms with Gasteiger partial charge in [-0.2, -0.15) is 0 Å². The third-order valence-electron chi connectivity index (χ3n) is 5.61. The molecule has 222 valence electrons. The largest absolute Gasteiger partial charge is 0.473 e. The van der Waals surface area contributed by atoms with Crippen LogP contribution in [0.1, 0.15) is 37.4 Å². The Morgan fingerprint density at radius 2 is 1.19 bits per heavy atom. The van der Waals surface area contributed by atoms with Gasteiger partial charge in [-0.05, 0) is 33.1 Å². The van der Waals surface area contributed by atoms with Gasteiger partial charge in [0.1, 0.15) is 13.2 Å². The van der Waals surface area contributed by atoms with E-state index < -0.39 is 17.9 Å². The van der Waals surface area contributed by atoms with Crippen molar-refractivity contribution in [1.29, 1.82) is 0 Å². The molecule has 2 aromatic heterocycles. The maximum atomic E-state index is 11.9. The molecule has 0 saturated carbocycles. The number of hydrogen-bond acceptors (Lipinski definition) is 10. The van der Waals surface area contributed by atoms with Gasteiger partial charge < -0.3 is 23.7 Å². The first kappa shape index (κ1) is 32.5. The van der Waals surface area contributed by atoms with Crippen LogP contribution in [0.2, 0.25) is 0 Å². The quantitative estimate of drug-likeness (QED) is 0.118. The van der Waals surface area contributed by atoms with Crippen LogP contribution in [0.5, 0.6) is 11.8 Å². The molecule has 4 rings (SSSR count). The van der Waals surface area contributed by atoms with Crippen molar-refractivity contribution in [2.24, 2.45) is 0 Å². The highest BCUT2D eigenvalue weighted by molar-refractivity contribution is 9.10. The lowest BCUT2D eigenvalue weighted by Crippen LogP contribution is -2.06. The average molecular weight is 649 g/mol. The number of rotatable bonds is 10. The molecule has 0 radical (unpaired) electrons. The summed E-state index contributed by atoms with van der Waals surface area (Å²) in [6.07, 6.45) is 5.60. The number of esters is 3. The molecule has 0 aliphatic rings. The molecule has 0 bridgehead atoms. The first-order valence-electron chi connectivity index (χ1n) is 12.8. The molecular weight excluding hydrogens is 620 g/mol. The highest BCUT2D eigenvalue weighted by Gasteiger charge is 2.14. The Labute approximate surface area is 257 Å². The van der Waals surface area contributed by atoms with Crippen molar-refractivity contribution < 1.29 is 38.1 Å². The van der Waals surface area contributed by atoms with Crippen molar-refractivity contribution in [3.8, 4) is 11.8 Å². The zero-order valence-corrected chi connectivity index (χ0v) is 25.3. The van der Waals surface area contributed by atoms with E-state index in [1.54, 1.807) is 6.07 Å². The van der Waals surface area contributed by atoms with Crippen molar-refractivity contribution >= 4 is 39.9 Å². The summed E-state index contributed by atoms with van der Waals surface area (Å²) in [7, 11) is 3.88. The summed E-state index contributed by atoms with van der Waals surface area (Å²) in [5.41, 5.74) is 3.08. The van der Waals surface area contributed by atoms with Crippen LogP contribution in [0.25, 0.3) is 6.08 Å². The minimum absolute atomic E-state index is 0.246. The van der Waals surface area contributed by atoms with Crippen LogP contribution in [0.15, 0.2) is 95.7 Å². The number of nitrogens with zero attached hydrogens (tertiary/aromatic N) is 2. The van der Waals surface area contributed by atoms with E-state index in [1.807, 2.05) is 60.7 Å². The van der Waals surface area contributed by atoms with Gasteiger partial charge in [0.2, 0.25) is 11.8 Å². The summed E-state index contributed by atoms with van der Waals surface area (Å²) >= 11 is 3.25. The van der Waals surface area contributed by atoms with E-state index in [1.165, 1.54) is 51.9 Å². The summed E-state index contributed by atoms with van der Waals surface area (Å²) in [6.45, 7) is 0.724. The number of carbonyl (C=O) groups is 3. The second-order valence-electron chi connectivity index (χ2n) is 8.50. The minimum Gasteiger partial charge on any atom is -0.473 e. The molecule has 0 fully saturated rings. The zero-order chi connectivity index (χ0) is 31.0. The van der Waals surface area contributed by atoms with E-state index >= 15 is 0 Å². The van der Waals surface area contributed by atoms with E-state index in [0.29, 0.717) is 34.7 Å². The third kappa shape index (κ3) is 10.4. The van der Waals surface area contributed by atoms with Crippen molar-refractivity contribution in [3.05, 3.63) is 124 Å². The Bertz CT molecular complexity index is 1550. The third-order valence-corrected chi connectivity index (χ3v) is 6.24. The maximum absolute atomic E-state index is 11.9. The van der Waals surface area contributed by atoms with E-state index in [4.69, 9.17) is 14.2 Å². The molecule has 43 heavy (non-hydrogen) atoms. The monoisotopic (exact) mass is 648 g/mol. The number of benzene rings is 2.